The van der Waals surface area contributed by atoms with Crippen molar-refractivity contribution in [3.63, 3.8) is 0 Å². The predicted octanol–water partition coefficient (Wildman–Crippen LogP) is 3.16. The Morgan fingerprint density at radius 1 is 1.12 bits per heavy atom. The zero-order valence-corrected chi connectivity index (χ0v) is 13.8. The summed E-state index contributed by atoms with van der Waals surface area (Å²) < 4.78 is 59.5. The van der Waals surface area contributed by atoms with Gasteiger partial charge >= 0.3 is 0 Å². The second-order valence-electron chi connectivity index (χ2n) is 5.04. The highest BCUT2D eigenvalue weighted by atomic mass is 32.2. The monoisotopic (exact) mass is 365 g/mol. The molecule has 0 aliphatic carbocycles. The summed E-state index contributed by atoms with van der Waals surface area (Å²) in [5.41, 5.74) is 0.301. The van der Waals surface area contributed by atoms with Crippen molar-refractivity contribution in [1.82, 2.24) is 10.2 Å². The number of aromatic amines is 1. The first kappa shape index (κ1) is 16.9. The predicted molar refractivity (Wildman–Crippen MR) is 87.7 cm³/mol. The molecule has 0 amide bonds. The third-order valence-electron chi connectivity index (χ3n) is 3.44. The average Bonchev–Trinajstić information content (AvgIpc) is 3.03. The number of anilines is 1. The maximum Gasteiger partial charge on any atom is 0.263 e. The second kappa shape index (κ2) is 6.52. The van der Waals surface area contributed by atoms with Crippen LogP contribution in [0.5, 0.6) is 5.75 Å². The molecule has 1 aromatic heterocycles. The van der Waals surface area contributed by atoms with Gasteiger partial charge in [-0.3, -0.25) is 9.82 Å². The fraction of sp³-hybridized carbons (Fsp3) is 0.0625. The highest BCUT2D eigenvalue weighted by Crippen LogP contribution is 2.32. The summed E-state index contributed by atoms with van der Waals surface area (Å²) in [6.07, 6.45) is 1.34. The van der Waals surface area contributed by atoms with Gasteiger partial charge in [0, 0.05) is 11.8 Å². The number of H-pyrrole nitrogens is 1. The van der Waals surface area contributed by atoms with Crippen molar-refractivity contribution in [2.24, 2.45) is 0 Å². The van der Waals surface area contributed by atoms with E-state index >= 15 is 0 Å². The van der Waals surface area contributed by atoms with Crippen LogP contribution in [0, 0.1) is 11.6 Å². The van der Waals surface area contributed by atoms with Crippen LogP contribution >= 0.6 is 0 Å². The average molecular weight is 365 g/mol. The van der Waals surface area contributed by atoms with Crippen LogP contribution in [0.3, 0.4) is 0 Å². The molecule has 2 N–H and O–H groups in total. The van der Waals surface area contributed by atoms with Gasteiger partial charge in [0.2, 0.25) is 0 Å². The van der Waals surface area contributed by atoms with Gasteiger partial charge in [-0.25, -0.2) is 17.2 Å². The van der Waals surface area contributed by atoms with E-state index in [1.165, 1.54) is 18.3 Å². The zero-order chi connectivity index (χ0) is 18.0. The summed E-state index contributed by atoms with van der Waals surface area (Å²) in [6.45, 7) is 0. The molecule has 130 valence electrons. The Morgan fingerprint density at radius 2 is 1.76 bits per heavy atom. The molecule has 0 unspecified atom stereocenters. The van der Waals surface area contributed by atoms with Crippen LogP contribution in [-0.4, -0.2) is 25.7 Å². The number of hydrogen-bond donors (Lipinski definition) is 2. The fourth-order valence-corrected chi connectivity index (χ4v) is 3.33. The molecule has 0 aliphatic heterocycles. The van der Waals surface area contributed by atoms with Gasteiger partial charge in [-0.2, -0.15) is 5.10 Å². The van der Waals surface area contributed by atoms with Crippen LogP contribution in [0.15, 0.2) is 53.6 Å². The Bertz CT molecular complexity index is 981. The van der Waals surface area contributed by atoms with Crippen molar-refractivity contribution >= 4 is 15.8 Å². The topological polar surface area (TPSA) is 84.1 Å². The molecule has 3 rings (SSSR count). The molecule has 0 atom stereocenters. The lowest BCUT2D eigenvalue weighted by molar-refractivity contribution is 0.360. The van der Waals surface area contributed by atoms with Gasteiger partial charge in [-0.1, -0.05) is 18.2 Å². The van der Waals surface area contributed by atoms with Crippen molar-refractivity contribution < 1.29 is 21.9 Å². The molecular weight excluding hydrogens is 352 g/mol. The van der Waals surface area contributed by atoms with E-state index in [-0.39, 0.29) is 21.8 Å². The van der Waals surface area contributed by atoms with Gasteiger partial charge in [0.05, 0.1) is 12.0 Å². The van der Waals surface area contributed by atoms with Crippen molar-refractivity contribution in [2.75, 3.05) is 11.8 Å². The van der Waals surface area contributed by atoms with E-state index in [1.807, 2.05) is 0 Å². The zero-order valence-electron chi connectivity index (χ0n) is 13.0. The number of nitrogens with one attached hydrogen (secondary N) is 2. The molecule has 9 heteroatoms. The van der Waals surface area contributed by atoms with E-state index in [0.717, 1.165) is 19.2 Å². The smallest absolute Gasteiger partial charge is 0.263 e. The van der Waals surface area contributed by atoms with Gasteiger partial charge in [0.25, 0.3) is 10.0 Å². The highest BCUT2D eigenvalue weighted by Gasteiger charge is 2.20. The third-order valence-corrected chi connectivity index (χ3v) is 4.79. The molecule has 0 aliphatic rings. The number of sulfonamides is 1. The van der Waals surface area contributed by atoms with Crippen LogP contribution in [0.2, 0.25) is 0 Å². The third kappa shape index (κ3) is 3.31. The minimum Gasteiger partial charge on any atom is -0.491 e. The van der Waals surface area contributed by atoms with Crippen molar-refractivity contribution in [1.29, 1.82) is 0 Å². The Balaban J connectivity index is 2.00. The Hall–Kier alpha value is -2.94. The maximum atomic E-state index is 13.9. The molecule has 0 fully saturated rings. The summed E-state index contributed by atoms with van der Waals surface area (Å²) >= 11 is 0. The highest BCUT2D eigenvalue weighted by molar-refractivity contribution is 7.92. The normalized spacial score (nSPS) is 11.3. The van der Waals surface area contributed by atoms with Crippen LogP contribution in [0.1, 0.15) is 0 Å². The van der Waals surface area contributed by atoms with E-state index in [4.69, 9.17) is 0 Å². The molecule has 3 aromatic rings. The van der Waals surface area contributed by atoms with Crippen LogP contribution in [0.4, 0.5) is 14.6 Å². The SMILES string of the molecule is COc1c(F)cc(-c2c[nH]nc2NS(=O)(=O)c2ccccc2)cc1F. The summed E-state index contributed by atoms with van der Waals surface area (Å²) in [7, 11) is -2.74. The molecule has 0 saturated heterocycles. The number of nitrogens with zero attached hydrogens (tertiary/aromatic N) is 1. The van der Waals surface area contributed by atoms with Crippen LogP contribution < -0.4 is 9.46 Å². The number of aromatic nitrogens is 2. The molecular formula is C16H13F2N3O3S. The van der Waals surface area contributed by atoms with Gasteiger partial charge in [-0.05, 0) is 29.8 Å². The van der Waals surface area contributed by atoms with Gasteiger partial charge in [-0.15, -0.1) is 0 Å². The number of rotatable bonds is 5. The Morgan fingerprint density at radius 3 is 2.36 bits per heavy atom. The minimum atomic E-state index is -3.89. The van der Waals surface area contributed by atoms with Crippen molar-refractivity contribution in [3.05, 3.63) is 60.3 Å². The minimum absolute atomic E-state index is 0.0380. The molecule has 25 heavy (non-hydrogen) atoms. The summed E-state index contributed by atoms with van der Waals surface area (Å²) in [4.78, 5) is 0.0380. The molecule has 6 nitrogen and oxygen atoms in total. The molecule has 0 radical (unpaired) electrons. The lowest BCUT2D eigenvalue weighted by Gasteiger charge is -2.09. The first-order chi connectivity index (χ1) is 11.9. The van der Waals surface area contributed by atoms with Crippen LogP contribution in [0.25, 0.3) is 11.1 Å². The molecule has 0 saturated carbocycles. The van der Waals surface area contributed by atoms with Gasteiger partial charge in [0.15, 0.2) is 23.2 Å². The standard InChI is InChI=1S/C16H13F2N3O3S/c1-24-15-13(17)7-10(8-14(15)18)12-9-19-20-16(12)21-25(22,23)11-5-3-2-4-6-11/h2-9H,1H3,(H2,19,20,21). The lowest BCUT2D eigenvalue weighted by atomic mass is 10.1. The molecule has 1 heterocycles. The van der Waals surface area contributed by atoms with Crippen molar-refractivity contribution in [3.8, 4) is 16.9 Å². The second-order valence-corrected chi connectivity index (χ2v) is 6.72. The number of hydrogen-bond acceptors (Lipinski definition) is 4. The van der Waals surface area contributed by atoms with E-state index in [0.29, 0.717) is 0 Å². The Labute approximate surface area is 142 Å². The van der Waals surface area contributed by atoms with Gasteiger partial charge < -0.3 is 4.74 Å². The van der Waals surface area contributed by atoms with Crippen LogP contribution in [-0.2, 0) is 10.0 Å². The van der Waals surface area contributed by atoms with Crippen molar-refractivity contribution in [2.45, 2.75) is 4.90 Å². The Kier molecular flexibility index (Phi) is 4.41. The fourth-order valence-electron chi connectivity index (χ4n) is 2.28. The summed E-state index contributed by atoms with van der Waals surface area (Å²) in [5.74, 6) is -2.40. The van der Waals surface area contributed by atoms with Gasteiger partial charge in [0.1, 0.15) is 0 Å². The van der Waals surface area contributed by atoms with E-state index in [9.17, 15) is 17.2 Å². The number of ether oxygens (including phenoxy) is 1. The maximum absolute atomic E-state index is 13.9. The number of benzene rings is 2. The molecule has 2 aromatic carbocycles. The van der Waals surface area contributed by atoms with E-state index in [1.54, 1.807) is 18.2 Å². The number of halogens is 2. The quantitative estimate of drug-likeness (QED) is 0.727. The molecule has 0 spiro atoms. The summed E-state index contributed by atoms with van der Waals surface area (Å²) in [5, 5.41) is 6.30. The summed E-state index contributed by atoms with van der Waals surface area (Å²) in [6, 6.07) is 9.74. The van der Waals surface area contributed by atoms with E-state index in [2.05, 4.69) is 19.7 Å². The van der Waals surface area contributed by atoms with E-state index < -0.39 is 27.4 Å². The first-order valence-electron chi connectivity index (χ1n) is 7.07. The molecule has 0 bridgehead atoms. The number of methoxy groups -OCH3 is 1. The lowest BCUT2D eigenvalue weighted by Crippen LogP contribution is -2.13. The first-order valence-corrected chi connectivity index (χ1v) is 8.56. The largest absolute Gasteiger partial charge is 0.491 e.